The third-order valence-corrected chi connectivity index (χ3v) is 5.34. The van der Waals surface area contributed by atoms with Crippen molar-refractivity contribution in [3.05, 3.63) is 60.7 Å². The van der Waals surface area contributed by atoms with Crippen molar-refractivity contribution in [2.45, 2.75) is 25.8 Å². The van der Waals surface area contributed by atoms with Crippen LogP contribution in [0.15, 0.2) is 60.7 Å². The molecule has 2 aromatic rings. The minimum absolute atomic E-state index is 0.155. The highest BCUT2D eigenvalue weighted by atomic mass is 28.3. The lowest BCUT2D eigenvalue weighted by Gasteiger charge is -2.28. The molecule has 0 fully saturated rings. The van der Waals surface area contributed by atoms with E-state index in [1.807, 2.05) is 36.4 Å². The Morgan fingerprint density at radius 3 is 1.78 bits per heavy atom. The van der Waals surface area contributed by atoms with Crippen LogP contribution in [-0.4, -0.2) is 9.04 Å². The summed E-state index contributed by atoms with van der Waals surface area (Å²) in [5.41, 5.74) is 0. The first-order valence-corrected chi connectivity index (χ1v) is 7.64. The largest absolute Gasteiger partial charge is 0.537 e. The highest BCUT2D eigenvalue weighted by molar-refractivity contribution is 6.70. The van der Waals surface area contributed by atoms with Crippen molar-refractivity contribution in [2.75, 3.05) is 0 Å². The first kappa shape index (κ1) is 12.9. The van der Waals surface area contributed by atoms with Crippen LogP contribution in [0.1, 0.15) is 20.8 Å². The molecule has 0 amide bonds. The van der Waals surface area contributed by atoms with E-state index < -0.39 is 9.04 Å². The number of rotatable bonds is 3. The maximum Gasteiger partial charge on any atom is 0.322 e. The average molecular weight is 255 g/mol. The first-order valence-electron chi connectivity index (χ1n) is 6.23. The van der Waals surface area contributed by atoms with Crippen LogP contribution in [0.2, 0.25) is 5.04 Å². The smallest absolute Gasteiger partial charge is 0.322 e. The molecule has 0 bridgehead atoms. The lowest BCUT2D eigenvalue weighted by molar-refractivity contribution is 0.527. The number of hydrogen-bond donors (Lipinski definition) is 0. The lowest BCUT2D eigenvalue weighted by Crippen LogP contribution is -2.44. The predicted octanol–water partition coefficient (Wildman–Crippen LogP) is 3.76. The van der Waals surface area contributed by atoms with Gasteiger partial charge < -0.3 is 4.43 Å². The maximum atomic E-state index is 6.27. The van der Waals surface area contributed by atoms with Gasteiger partial charge in [0.2, 0.25) is 0 Å². The Bertz CT molecular complexity index is 473. The van der Waals surface area contributed by atoms with E-state index in [0.717, 1.165) is 5.75 Å². The van der Waals surface area contributed by atoms with E-state index in [0.29, 0.717) is 0 Å². The summed E-state index contributed by atoms with van der Waals surface area (Å²) >= 11 is 0. The molecule has 93 valence electrons. The molecule has 0 aliphatic carbocycles. The summed E-state index contributed by atoms with van der Waals surface area (Å²) < 4.78 is 6.27. The molecule has 0 N–H and O–H groups in total. The van der Waals surface area contributed by atoms with Crippen molar-refractivity contribution in [1.82, 2.24) is 0 Å². The van der Waals surface area contributed by atoms with Gasteiger partial charge in [0, 0.05) is 0 Å². The molecular formula is C16H19OSi. The summed E-state index contributed by atoms with van der Waals surface area (Å²) in [6, 6.07) is 20.7. The molecule has 18 heavy (non-hydrogen) atoms. The number of benzene rings is 2. The Hall–Kier alpha value is -1.54. The van der Waals surface area contributed by atoms with Gasteiger partial charge in [0.1, 0.15) is 5.75 Å². The van der Waals surface area contributed by atoms with Crippen molar-refractivity contribution < 1.29 is 4.43 Å². The second-order valence-corrected chi connectivity index (χ2v) is 8.30. The topological polar surface area (TPSA) is 9.23 Å². The zero-order valence-corrected chi connectivity index (χ0v) is 12.2. The molecule has 0 aliphatic heterocycles. The Morgan fingerprint density at radius 2 is 1.28 bits per heavy atom. The monoisotopic (exact) mass is 255 g/mol. The van der Waals surface area contributed by atoms with Gasteiger partial charge in [0.05, 0.1) is 0 Å². The number of hydrogen-bond acceptors (Lipinski definition) is 1. The van der Waals surface area contributed by atoms with Gasteiger partial charge in [-0.05, 0) is 22.4 Å². The van der Waals surface area contributed by atoms with Crippen molar-refractivity contribution in [3.63, 3.8) is 0 Å². The summed E-state index contributed by atoms with van der Waals surface area (Å²) in [6.07, 6.45) is 0. The Morgan fingerprint density at radius 1 is 0.778 bits per heavy atom. The van der Waals surface area contributed by atoms with Crippen LogP contribution < -0.4 is 9.61 Å². The van der Waals surface area contributed by atoms with Crippen LogP contribution >= 0.6 is 0 Å². The van der Waals surface area contributed by atoms with Crippen LogP contribution in [0.3, 0.4) is 0 Å². The third-order valence-electron chi connectivity index (χ3n) is 2.68. The van der Waals surface area contributed by atoms with E-state index in [1.165, 1.54) is 5.19 Å². The molecule has 0 saturated carbocycles. The van der Waals surface area contributed by atoms with E-state index >= 15 is 0 Å². The standard InChI is InChI=1S/C16H19OSi/c1-16(2,3)18(15-12-8-5-9-13-15)17-14-10-6-4-7-11-14/h4-13H,1-3H3. The minimum Gasteiger partial charge on any atom is -0.537 e. The van der Waals surface area contributed by atoms with Gasteiger partial charge in [-0.2, -0.15) is 0 Å². The fourth-order valence-electron chi connectivity index (χ4n) is 1.84. The molecular weight excluding hydrogens is 236 g/mol. The third kappa shape index (κ3) is 3.23. The van der Waals surface area contributed by atoms with Crippen LogP contribution in [0.4, 0.5) is 0 Å². The number of para-hydroxylation sites is 1. The molecule has 0 aromatic heterocycles. The van der Waals surface area contributed by atoms with E-state index in [1.54, 1.807) is 0 Å². The summed E-state index contributed by atoms with van der Waals surface area (Å²) in [5.74, 6) is 0.963. The van der Waals surface area contributed by atoms with E-state index in [9.17, 15) is 0 Å². The van der Waals surface area contributed by atoms with Gasteiger partial charge in [0.25, 0.3) is 0 Å². The average Bonchev–Trinajstić information content (AvgIpc) is 2.37. The van der Waals surface area contributed by atoms with E-state index in [-0.39, 0.29) is 5.04 Å². The molecule has 0 atom stereocenters. The predicted molar refractivity (Wildman–Crippen MR) is 78.6 cm³/mol. The Balaban J connectivity index is 2.28. The molecule has 1 radical (unpaired) electrons. The molecule has 1 nitrogen and oxygen atoms in total. The molecule has 0 spiro atoms. The fourth-order valence-corrected chi connectivity index (χ4v) is 4.00. The van der Waals surface area contributed by atoms with Gasteiger partial charge in [-0.15, -0.1) is 0 Å². The van der Waals surface area contributed by atoms with Crippen molar-refractivity contribution in [1.29, 1.82) is 0 Å². The van der Waals surface area contributed by atoms with Crippen LogP contribution in [-0.2, 0) is 0 Å². The van der Waals surface area contributed by atoms with Crippen molar-refractivity contribution in [2.24, 2.45) is 0 Å². The zero-order valence-electron chi connectivity index (χ0n) is 11.2. The molecule has 2 heteroatoms. The Labute approximate surface area is 111 Å². The second-order valence-electron chi connectivity index (χ2n) is 5.36. The molecule has 0 aliphatic rings. The second kappa shape index (κ2) is 5.40. The van der Waals surface area contributed by atoms with Gasteiger partial charge in [-0.25, -0.2) is 0 Å². The normalized spacial score (nSPS) is 11.6. The van der Waals surface area contributed by atoms with Gasteiger partial charge in [-0.3, -0.25) is 0 Å². The zero-order chi connectivity index (χ0) is 13.0. The minimum atomic E-state index is -1.09. The Kier molecular flexibility index (Phi) is 3.87. The molecule has 0 saturated heterocycles. The molecule has 0 heterocycles. The SMILES string of the molecule is CC(C)(C)[Si](Oc1ccccc1)c1ccccc1. The quantitative estimate of drug-likeness (QED) is 0.759. The summed E-state index contributed by atoms with van der Waals surface area (Å²) in [5, 5.41) is 1.47. The highest BCUT2D eigenvalue weighted by Gasteiger charge is 2.32. The first-order chi connectivity index (χ1) is 8.57. The van der Waals surface area contributed by atoms with E-state index in [4.69, 9.17) is 4.43 Å². The van der Waals surface area contributed by atoms with Gasteiger partial charge in [-0.1, -0.05) is 69.3 Å². The van der Waals surface area contributed by atoms with Crippen LogP contribution in [0.5, 0.6) is 5.75 Å². The van der Waals surface area contributed by atoms with Gasteiger partial charge >= 0.3 is 9.04 Å². The summed E-state index contributed by atoms with van der Waals surface area (Å²) in [4.78, 5) is 0. The summed E-state index contributed by atoms with van der Waals surface area (Å²) in [7, 11) is -1.09. The lowest BCUT2D eigenvalue weighted by atomic mass is 10.2. The molecule has 0 unspecified atom stereocenters. The van der Waals surface area contributed by atoms with Crippen molar-refractivity contribution in [3.8, 4) is 5.75 Å². The van der Waals surface area contributed by atoms with Crippen molar-refractivity contribution >= 4 is 14.2 Å². The van der Waals surface area contributed by atoms with E-state index in [2.05, 4.69) is 45.0 Å². The van der Waals surface area contributed by atoms with Crippen LogP contribution in [0, 0.1) is 0 Å². The van der Waals surface area contributed by atoms with Gasteiger partial charge in [0.15, 0.2) is 0 Å². The maximum absolute atomic E-state index is 6.27. The van der Waals surface area contributed by atoms with Crippen LogP contribution in [0.25, 0.3) is 0 Å². The molecule has 2 rings (SSSR count). The summed E-state index contributed by atoms with van der Waals surface area (Å²) in [6.45, 7) is 6.74. The fraction of sp³-hybridized carbons (Fsp3) is 0.250. The highest BCUT2D eigenvalue weighted by Crippen LogP contribution is 2.28. The molecule has 2 aromatic carbocycles.